The van der Waals surface area contributed by atoms with Crippen LogP contribution in [-0.4, -0.2) is 44.5 Å². The van der Waals surface area contributed by atoms with E-state index in [0.717, 1.165) is 24.7 Å². The van der Waals surface area contributed by atoms with Crippen molar-refractivity contribution in [2.45, 2.75) is 17.7 Å². The normalized spacial score (nSPS) is 15.9. The van der Waals surface area contributed by atoms with Crippen molar-refractivity contribution in [3.63, 3.8) is 0 Å². The number of nitrogens with zero attached hydrogens (tertiary/aromatic N) is 1. The Kier molecular flexibility index (Phi) is 5.20. The van der Waals surface area contributed by atoms with Crippen LogP contribution in [0.5, 0.6) is 11.5 Å². The molecule has 1 fully saturated rings. The Labute approximate surface area is 113 Å². The molecular weight excluding hydrogens is 246 g/mol. The standard InChI is InChI=1S/C14H21NO2S/c1-16-14-11-12(18-2)5-6-13(14)17-10-9-15-7-3-4-8-15/h5-6,11H,3-4,7-10H2,1-2H3. The summed E-state index contributed by atoms with van der Waals surface area (Å²) in [5, 5.41) is 0. The van der Waals surface area contributed by atoms with Gasteiger partial charge in [0.1, 0.15) is 6.61 Å². The lowest BCUT2D eigenvalue weighted by Gasteiger charge is -2.16. The lowest BCUT2D eigenvalue weighted by atomic mass is 10.3. The van der Waals surface area contributed by atoms with Crippen molar-refractivity contribution >= 4 is 11.8 Å². The monoisotopic (exact) mass is 267 g/mol. The summed E-state index contributed by atoms with van der Waals surface area (Å²) < 4.78 is 11.2. The molecule has 0 bridgehead atoms. The van der Waals surface area contributed by atoms with Crippen LogP contribution in [0, 0.1) is 0 Å². The number of likely N-dealkylation sites (tertiary alicyclic amines) is 1. The Morgan fingerprint density at radius 1 is 1.22 bits per heavy atom. The Morgan fingerprint density at radius 3 is 2.67 bits per heavy atom. The average Bonchev–Trinajstić information content (AvgIpc) is 2.92. The van der Waals surface area contributed by atoms with Gasteiger partial charge in [-0.05, 0) is 50.4 Å². The third-order valence-electron chi connectivity index (χ3n) is 3.23. The second kappa shape index (κ2) is 6.90. The first-order chi connectivity index (χ1) is 8.83. The number of hydrogen-bond donors (Lipinski definition) is 0. The van der Waals surface area contributed by atoms with Crippen LogP contribution in [0.25, 0.3) is 0 Å². The molecule has 18 heavy (non-hydrogen) atoms. The molecule has 0 saturated carbocycles. The van der Waals surface area contributed by atoms with E-state index in [-0.39, 0.29) is 0 Å². The van der Waals surface area contributed by atoms with E-state index in [1.165, 1.54) is 30.8 Å². The molecule has 0 unspecified atom stereocenters. The minimum absolute atomic E-state index is 0.731. The van der Waals surface area contributed by atoms with Crippen molar-refractivity contribution in [1.29, 1.82) is 0 Å². The second-order valence-corrected chi connectivity index (χ2v) is 5.29. The predicted octanol–water partition coefficient (Wildman–Crippen LogP) is 2.89. The predicted molar refractivity (Wildman–Crippen MR) is 75.9 cm³/mol. The van der Waals surface area contributed by atoms with Gasteiger partial charge >= 0.3 is 0 Å². The maximum atomic E-state index is 5.81. The number of ether oxygens (including phenoxy) is 2. The number of benzene rings is 1. The van der Waals surface area contributed by atoms with Crippen LogP contribution in [0.15, 0.2) is 23.1 Å². The molecule has 0 aliphatic carbocycles. The fraction of sp³-hybridized carbons (Fsp3) is 0.571. The first kappa shape index (κ1) is 13.6. The molecular formula is C14H21NO2S. The maximum absolute atomic E-state index is 5.81. The van der Waals surface area contributed by atoms with Crippen LogP contribution >= 0.6 is 11.8 Å². The second-order valence-electron chi connectivity index (χ2n) is 4.41. The molecule has 1 aromatic rings. The summed E-state index contributed by atoms with van der Waals surface area (Å²) in [7, 11) is 1.69. The molecule has 0 N–H and O–H groups in total. The molecule has 1 aromatic carbocycles. The maximum Gasteiger partial charge on any atom is 0.161 e. The Bertz CT molecular complexity index is 378. The van der Waals surface area contributed by atoms with E-state index in [1.807, 2.05) is 12.1 Å². The topological polar surface area (TPSA) is 21.7 Å². The SMILES string of the molecule is COc1cc(SC)ccc1OCCN1CCCC1. The van der Waals surface area contributed by atoms with Crippen LogP contribution < -0.4 is 9.47 Å². The van der Waals surface area contributed by atoms with Gasteiger partial charge in [-0.15, -0.1) is 11.8 Å². The molecule has 4 heteroatoms. The highest BCUT2D eigenvalue weighted by Crippen LogP contribution is 2.31. The minimum atomic E-state index is 0.731. The van der Waals surface area contributed by atoms with Gasteiger partial charge in [-0.3, -0.25) is 4.90 Å². The van der Waals surface area contributed by atoms with E-state index in [1.54, 1.807) is 18.9 Å². The van der Waals surface area contributed by atoms with E-state index >= 15 is 0 Å². The van der Waals surface area contributed by atoms with Gasteiger partial charge in [-0.1, -0.05) is 0 Å². The highest BCUT2D eigenvalue weighted by atomic mass is 32.2. The Morgan fingerprint density at radius 2 is 2.00 bits per heavy atom. The van der Waals surface area contributed by atoms with E-state index in [9.17, 15) is 0 Å². The first-order valence-electron chi connectivity index (χ1n) is 6.40. The molecule has 1 aliphatic rings. The van der Waals surface area contributed by atoms with Gasteiger partial charge in [0.15, 0.2) is 11.5 Å². The zero-order valence-electron chi connectivity index (χ0n) is 11.1. The van der Waals surface area contributed by atoms with Crippen LogP contribution in [0.4, 0.5) is 0 Å². The van der Waals surface area contributed by atoms with Gasteiger partial charge < -0.3 is 9.47 Å². The smallest absolute Gasteiger partial charge is 0.161 e. The van der Waals surface area contributed by atoms with Crippen molar-refractivity contribution < 1.29 is 9.47 Å². The number of methoxy groups -OCH3 is 1. The highest BCUT2D eigenvalue weighted by Gasteiger charge is 2.11. The average molecular weight is 267 g/mol. The molecule has 100 valence electrons. The third-order valence-corrected chi connectivity index (χ3v) is 3.96. The van der Waals surface area contributed by atoms with Crippen molar-refractivity contribution in [2.75, 3.05) is 39.6 Å². The third kappa shape index (κ3) is 3.56. The molecule has 0 aromatic heterocycles. The van der Waals surface area contributed by atoms with Gasteiger partial charge in [0.05, 0.1) is 7.11 Å². The molecule has 0 amide bonds. The highest BCUT2D eigenvalue weighted by molar-refractivity contribution is 7.98. The number of rotatable bonds is 6. The summed E-state index contributed by atoms with van der Waals surface area (Å²) in [5.41, 5.74) is 0. The number of hydrogen-bond acceptors (Lipinski definition) is 4. The van der Waals surface area contributed by atoms with E-state index < -0.39 is 0 Å². The van der Waals surface area contributed by atoms with Gasteiger partial charge in [0, 0.05) is 11.4 Å². The lowest BCUT2D eigenvalue weighted by Crippen LogP contribution is -2.25. The summed E-state index contributed by atoms with van der Waals surface area (Å²) in [5.74, 6) is 1.66. The summed E-state index contributed by atoms with van der Waals surface area (Å²) in [6.07, 6.45) is 4.71. The lowest BCUT2D eigenvalue weighted by molar-refractivity contribution is 0.230. The van der Waals surface area contributed by atoms with Gasteiger partial charge in [0.25, 0.3) is 0 Å². The zero-order chi connectivity index (χ0) is 12.8. The van der Waals surface area contributed by atoms with E-state index in [0.29, 0.717) is 0 Å². The molecule has 2 rings (SSSR count). The van der Waals surface area contributed by atoms with Crippen LogP contribution in [0.2, 0.25) is 0 Å². The molecule has 1 heterocycles. The van der Waals surface area contributed by atoms with Gasteiger partial charge in [0.2, 0.25) is 0 Å². The Balaban J connectivity index is 1.87. The zero-order valence-corrected chi connectivity index (χ0v) is 12.0. The molecule has 0 radical (unpaired) electrons. The molecule has 1 saturated heterocycles. The van der Waals surface area contributed by atoms with Crippen LogP contribution in [-0.2, 0) is 0 Å². The molecule has 1 aliphatic heterocycles. The van der Waals surface area contributed by atoms with E-state index in [2.05, 4.69) is 17.2 Å². The van der Waals surface area contributed by atoms with Crippen LogP contribution in [0.3, 0.4) is 0 Å². The van der Waals surface area contributed by atoms with Gasteiger partial charge in [-0.2, -0.15) is 0 Å². The van der Waals surface area contributed by atoms with E-state index in [4.69, 9.17) is 9.47 Å². The van der Waals surface area contributed by atoms with Crippen molar-refractivity contribution in [3.8, 4) is 11.5 Å². The fourth-order valence-electron chi connectivity index (χ4n) is 2.19. The van der Waals surface area contributed by atoms with Crippen molar-refractivity contribution in [3.05, 3.63) is 18.2 Å². The summed E-state index contributed by atoms with van der Waals surface area (Å²) in [4.78, 5) is 3.64. The van der Waals surface area contributed by atoms with Crippen molar-refractivity contribution in [2.24, 2.45) is 0 Å². The minimum Gasteiger partial charge on any atom is -0.493 e. The largest absolute Gasteiger partial charge is 0.493 e. The summed E-state index contributed by atoms with van der Waals surface area (Å²) >= 11 is 1.71. The molecule has 0 spiro atoms. The quantitative estimate of drug-likeness (QED) is 0.739. The summed E-state index contributed by atoms with van der Waals surface area (Å²) in [6, 6.07) is 6.09. The summed E-state index contributed by atoms with van der Waals surface area (Å²) in [6.45, 7) is 4.17. The fourth-order valence-corrected chi connectivity index (χ4v) is 2.61. The Hall–Kier alpha value is -0.870. The van der Waals surface area contributed by atoms with Gasteiger partial charge in [-0.25, -0.2) is 0 Å². The molecule has 3 nitrogen and oxygen atoms in total. The van der Waals surface area contributed by atoms with Crippen molar-refractivity contribution in [1.82, 2.24) is 4.90 Å². The van der Waals surface area contributed by atoms with Crippen LogP contribution in [0.1, 0.15) is 12.8 Å². The number of thioether (sulfide) groups is 1. The molecule has 0 atom stereocenters. The first-order valence-corrected chi connectivity index (χ1v) is 7.63.